The topological polar surface area (TPSA) is 40.6 Å². The van der Waals surface area contributed by atoms with Crippen molar-refractivity contribution in [3.63, 3.8) is 0 Å². The van der Waals surface area contributed by atoms with Crippen molar-refractivity contribution in [2.45, 2.75) is 18.9 Å². The number of hydrogen-bond acceptors (Lipinski definition) is 5. The predicted octanol–water partition coefficient (Wildman–Crippen LogP) is 0.852. The van der Waals surface area contributed by atoms with Gasteiger partial charge in [0.05, 0.1) is 18.5 Å². The van der Waals surface area contributed by atoms with Gasteiger partial charge in [0.15, 0.2) is 11.6 Å². The van der Waals surface area contributed by atoms with Gasteiger partial charge in [-0.1, -0.05) is 0 Å². The molecule has 102 valence electrons. The molecule has 0 amide bonds. The molecule has 1 aromatic heterocycles. The summed E-state index contributed by atoms with van der Waals surface area (Å²) in [5.41, 5.74) is 1.21. The molecule has 5 nitrogen and oxygen atoms in total. The summed E-state index contributed by atoms with van der Waals surface area (Å²) >= 11 is 0. The fourth-order valence-corrected chi connectivity index (χ4v) is 3.10. The molecule has 4 rings (SSSR count). The molecule has 3 aliphatic heterocycles. The molecule has 0 aromatic carbocycles. The maximum Gasteiger partial charge on any atom is 0.171 e. The molecule has 1 N–H and O–H groups in total. The van der Waals surface area contributed by atoms with Crippen LogP contribution in [0.3, 0.4) is 0 Å². The second-order valence-corrected chi connectivity index (χ2v) is 5.54. The van der Waals surface area contributed by atoms with Gasteiger partial charge in [-0.25, -0.2) is 4.98 Å². The third kappa shape index (κ3) is 1.92. The van der Waals surface area contributed by atoms with Crippen LogP contribution in [0, 0.1) is 0 Å². The zero-order chi connectivity index (χ0) is 12.7. The summed E-state index contributed by atoms with van der Waals surface area (Å²) in [7, 11) is 0. The van der Waals surface area contributed by atoms with Gasteiger partial charge in [0.1, 0.15) is 0 Å². The molecule has 4 heterocycles. The highest BCUT2D eigenvalue weighted by Gasteiger charge is 2.29. The lowest BCUT2D eigenvalue weighted by atomic mass is 10.1. The van der Waals surface area contributed by atoms with Crippen molar-refractivity contribution in [1.82, 2.24) is 10.3 Å². The van der Waals surface area contributed by atoms with E-state index >= 15 is 0 Å². The number of ether oxygens (including phenoxy) is 1. The van der Waals surface area contributed by atoms with Gasteiger partial charge in [0.2, 0.25) is 0 Å². The van der Waals surface area contributed by atoms with Crippen LogP contribution in [0.4, 0.5) is 11.5 Å². The monoisotopic (exact) mass is 260 g/mol. The molecule has 0 aliphatic carbocycles. The summed E-state index contributed by atoms with van der Waals surface area (Å²) in [5.74, 6) is 2.00. The van der Waals surface area contributed by atoms with E-state index in [-0.39, 0.29) is 0 Å². The Balaban J connectivity index is 1.68. The Labute approximate surface area is 113 Å². The van der Waals surface area contributed by atoms with Gasteiger partial charge in [0, 0.05) is 51.3 Å². The van der Waals surface area contributed by atoms with Crippen molar-refractivity contribution >= 4 is 11.5 Å². The quantitative estimate of drug-likeness (QED) is 0.811. The number of anilines is 2. The number of rotatable bonds is 1. The summed E-state index contributed by atoms with van der Waals surface area (Å²) in [6, 6.07) is 2.70. The largest absolute Gasteiger partial charge is 0.490 e. The van der Waals surface area contributed by atoms with Crippen molar-refractivity contribution < 1.29 is 4.74 Å². The van der Waals surface area contributed by atoms with E-state index in [1.165, 1.54) is 12.1 Å². The zero-order valence-electron chi connectivity index (χ0n) is 11.1. The highest BCUT2D eigenvalue weighted by atomic mass is 16.5. The fraction of sp³-hybridized carbons (Fsp3) is 0.643. The molecule has 2 fully saturated rings. The molecule has 0 unspecified atom stereocenters. The summed E-state index contributed by atoms with van der Waals surface area (Å²) in [4.78, 5) is 9.47. The second-order valence-electron chi connectivity index (χ2n) is 5.54. The first-order valence-corrected chi connectivity index (χ1v) is 7.27. The minimum atomic E-state index is 0.525. The van der Waals surface area contributed by atoms with E-state index in [9.17, 15) is 0 Å². The average Bonchev–Trinajstić information content (AvgIpc) is 2.55. The number of piperazine rings is 1. The van der Waals surface area contributed by atoms with E-state index < -0.39 is 0 Å². The molecular formula is C14H20N4O. The third-order valence-corrected chi connectivity index (χ3v) is 4.37. The molecule has 1 aromatic rings. The molecule has 3 aliphatic rings. The lowest BCUT2D eigenvalue weighted by molar-refractivity contribution is 0.303. The van der Waals surface area contributed by atoms with Crippen molar-refractivity contribution in [2.24, 2.45) is 0 Å². The van der Waals surface area contributed by atoms with E-state index in [1.807, 2.05) is 6.20 Å². The number of fused-ring (bicyclic) bond motifs is 3. The molecular weight excluding hydrogens is 240 g/mol. The Morgan fingerprint density at radius 3 is 3.11 bits per heavy atom. The molecule has 0 saturated carbocycles. The van der Waals surface area contributed by atoms with Crippen LogP contribution in [-0.2, 0) is 0 Å². The van der Waals surface area contributed by atoms with Crippen LogP contribution >= 0.6 is 0 Å². The highest BCUT2D eigenvalue weighted by Crippen LogP contribution is 2.35. The van der Waals surface area contributed by atoms with Gasteiger partial charge in [0.25, 0.3) is 0 Å². The SMILES string of the molecule is c1nc2c(cc1N1CCC1)OCC[C@@H]1CNCCN21. The number of aromatic nitrogens is 1. The van der Waals surface area contributed by atoms with E-state index in [1.54, 1.807) is 0 Å². The molecule has 5 heteroatoms. The van der Waals surface area contributed by atoms with Crippen molar-refractivity contribution in [3.8, 4) is 5.75 Å². The van der Waals surface area contributed by atoms with Crippen molar-refractivity contribution in [2.75, 3.05) is 49.1 Å². The lowest BCUT2D eigenvalue weighted by Crippen LogP contribution is -2.51. The third-order valence-electron chi connectivity index (χ3n) is 4.37. The Morgan fingerprint density at radius 1 is 1.32 bits per heavy atom. The van der Waals surface area contributed by atoms with Gasteiger partial charge in [-0.05, 0) is 6.42 Å². The van der Waals surface area contributed by atoms with Crippen LogP contribution in [-0.4, -0.2) is 50.4 Å². The number of nitrogens with one attached hydrogen (secondary N) is 1. The van der Waals surface area contributed by atoms with Crippen LogP contribution in [0.2, 0.25) is 0 Å². The number of pyridine rings is 1. The maximum atomic E-state index is 5.94. The highest BCUT2D eigenvalue weighted by molar-refractivity contribution is 5.62. The van der Waals surface area contributed by atoms with E-state index in [4.69, 9.17) is 9.72 Å². The second kappa shape index (κ2) is 4.56. The summed E-state index contributed by atoms with van der Waals surface area (Å²) < 4.78 is 5.94. The summed E-state index contributed by atoms with van der Waals surface area (Å²) in [6.45, 7) is 6.19. The maximum absolute atomic E-state index is 5.94. The van der Waals surface area contributed by atoms with Crippen LogP contribution in [0.15, 0.2) is 12.3 Å². The first kappa shape index (κ1) is 11.3. The van der Waals surface area contributed by atoms with Crippen LogP contribution in [0.25, 0.3) is 0 Å². The van der Waals surface area contributed by atoms with Crippen LogP contribution in [0.5, 0.6) is 5.75 Å². The summed E-state index contributed by atoms with van der Waals surface area (Å²) in [5, 5.41) is 3.46. The Bertz CT molecular complexity index is 475. The van der Waals surface area contributed by atoms with Gasteiger partial charge in [-0.2, -0.15) is 0 Å². The Kier molecular flexibility index (Phi) is 2.72. The van der Waals surface area contributed by atoms with E-state index in [0.717, 1.165) is 57.3 Å². The predicted molar refractivity (Wildman–Crippen MR) is 75.2 cm³/mol. The molecule has 19 heavy (non-hydrogen) atoms. The van der Waals surface area contributed by atoms with E-state index in [2.05, 4.69) is 21.2 Å². The molecule has 0 spiro atoms. The number of hydrogen-bond donors (Lipinski definition) is 1. The molecule has 2 saturated heterocycles. The molecule has 0 bridgehead atoms. The van der Waals surface area contributed by atoms with Gasteiger partial charge in [-0.15, -0.1) is 0 Å². The number of nitrogens with zero attached hydrogens (tertiary/aromatic N) is 3. The van der Waals surface area contributed by atoms with Crippen LogP contribution < -0.4 is 19.9 Å². The Hall–Kier alpha value is -1.49. The van der Waals surface area contributed by atoms with Crippen molar-refractivity contribution in [1.29, 1.82) is 0 Å². The summed E-state index contributed by atoms with van der Waals surface area (Å²) in [6.07, 6.45) is 4.37. The standard InChI is InChI=1S/C14H20N4O/c1-4-17(5-1)12-8-13-14(16-10-12)18-6-3-15-9-11(18)2-7-19-13/h8,10-11,15H,1-7,9H2/t11-/m1/s1. The smallest absolute Gasteiger partial charge is 0.171 e. The fourth-order valence-electron chi connectivity index (χ4n) is 3.10. The zero-order valence-corrected chi connectivity index (χ0v) is 11.1. The average molecular weight is 260 g/mol. The first-order valence-electron chi connectivity index (χ1n) is 7.27. The minimum absolute atomic E-state index is 0.525. The minimum Gasteiger partial charge on any atom is -0.490 e. The molecule has 0 radical (unpaired) electrons. The van der Waals surface area contributed by atoms with Gasteiger partial charge < -0.3 is 19.9 Å². The lowest BCUT2D eigenvalue weighted by Gasteiger charge is -2.36. The van der Waals surface area contributed by atoms with Gasteiger partial charge in [-0.3, -0.25) is 0 Å². The van der Waals surface area contributed by atoms with Crippen molar-refractivity contribution in [3.05, 3.63) is 12.3 Å². The van der Waals surface area contributed by atoms with Crippen LogP contribution in [0.1, 0.15) is 12.8 Å². The van der Waals surface area contributed by atoms with Gasteiger partial charge >= 0.3 is 0 Å². The van der Waals surface area contributed by atoms with E-state index in [0.29, 0.717) is 6.04 Å². The Morgan fingerprint density at radius 2 is 2.26 bits per heavy atom. The normalized spacial score (nSPS) is 25.8. The molecule has 1 atom stereocenters. The first-order chi connectivity index (χ1) is 9.42.